The van der Waals surface area contributed by atoms with E-state index in [1.165, 1.54) is 16.4 Å². The molecule has 1 aromatic carbocycles. The van der Waals surface area contributed by atoms with Gasteiger partial charge in [-0.1, -0.05) is 6.07 Å². The Balaban J connectivity index is 1.41. The first-order valence-corrected chi connectivity index (χ1v) is 18.3. The van der Waals surface area contributed by atoms with E-state index in [4.69, 9.17) is 5.10 Å². The fraction of sp³-hybridized carbons (Fsp3) is 0.700. The molecule has 0 aliphatic carbocycles. The molecule has 3 aliphatic rings. The highest BCUT2D eigenvalue weighted by molar-refractivity contribution is 7.99. The molecule has 2 saturated heterocycles. The summed E-state index contributed by atoms with van der Waals surface area (Å²) in [4.78, 5) is 3.58. The zero-order valence-electron chi connectivity index (χ0n) is 26.1. The smallest absolute Gasteiger partial charge is 0.390 e. The number of sulfonamides is 1. The van der Waals surface area contributed by atoms with Crippen LogP contribution >= 0.6 is 11.8 Å². The van der Waals surface area contributed by atoms with Gasteiger partial charge < -0.3 is 15.1 Å². The summed E-state index contributed by atoms with van der Waals surface area (Å²) in [5.41, 5.74) is 0.435. The number of halogens is 5. The lowest BCUT2D eigenvalue weighted by molar-refractivity contribution is -0.139. The Morgan fingerprint density at radius 2 is 1.78 bits per heavy atom. The van der Waals surface area contributed by atoms with E-state index in [9.17, 15) is 40.6 Å². The van der Waals surface area contributed by atoms with Crippen LogP contribution in [0.2, 0.25) is 0 Å². The maximum atomic E-state index is 14.0. The number of rotatable bonds is 10. The van der Waals surface area contributed by atoms with E-state index in [0.717, 1.165) is 29.8 Å². The minimum atomic E-state index is -4.64. The number of thioether (sulfide) groups is 1. The molecule has 0 spiro atoms. The van der Waals surface area contributed by atoms with E-state index in [-0.39, 0.29) is 43.2 Å². The van der Waals surface area contributed by atoms with Crippen LogP contribution in [0.25, 0.3) is 11.3 Å². The molecule has 1 aromatic heterocycles. The van der Waals surface area contributed by atoms with Crippen molar-refractivity contribution in [3.05, 3.63) is 35.0 Å². The van der Waals surface area contributed by atoms with Crippen molar-refractivity contribution in [2.45, 2.75) is 80.8 Å². The van der Waals surface area contributed by atoms with Gasteiger partial charge in [-0.3, -0.25) is 9.58 Å². The summed E-state index contributed by atoms with van der Waals surface area (Å²) in [6.45, 7) is 3.96. The van der Waals surface area contributed by atoms with Crippen LogP contribution < -0.4 is 0 Å². The summed E-state index contributed by atoms with van der Waals surface area (Å²) in [7, 11) is -3.57. The molecule has 2 aromatic rings. The normalized spacial score (nSPS) is 22.1. The molecule has 258 valence electrons. The SMILES string of the molecule is CC1(O)CCN(CC(O)Cn2nc(-c3ccc(C(F)(F)F)c(SCCN4CCCC(F)(F)C4)c3)c3c2CCN(S(C)(=O)=O)C3)CC1. The Labute approximate surface area is 270 Å². The third-order valence-electron chi connectivity index (χ3n) is 9.05. The number of nitrogens with zero attached hydrogens (tertiary/aromatic N) is 5. The lowest BCUT2D eigenvalue weighted by atomic mass is 9.94. The summed E-state index contributed by atoms with van der Waals surface area (Å²) in [5, 5.41) is 26.0. The summed E-state index contributed by atoms with van der Waals surface area (Å²) in [6.07, 6.45) is -2.74. The molecule has 2 N–H and O–H groups in total. The number of hydrogen-bond donors (Lipinski definition) is 2. The van der Waals surface area contributed by atoms with Crippen LogP contribution in [0.5, 0.6) is 0 Å². The van der Waals surface area contributed by atoms with Gasteiger partial charge in [0.2, 0.25) is 10.0 Å². The van der Waals surface area contributed by atoms with E-state index >= 15 is 0 Å². The molecule has 0 saturated carbocycles. The lowest BCUT2D eigenvalue weighted by Crippen LogP contribution is -2.45. The Morgan fingerprint density at radius 1 is 1.07 bits per heavy atom. The fourth-order valence-corrected chi connectivity index (χ4v) is 8.36. The largest absolute Gasteiger partial charge is 0.417 e. The van der Waals surface area contributed by atoms with Crippen molar-refractivity contribution in [1.82, 2.24) is 23.9 Å². The third-order valence-corrected chi connectivity index (χ3v) is 11.3. The predicted octanol–water partition coefficient (Wildman–Crippen LogP) is 3.92. The van der Waals surface area contributed by atoms with Gasteiger partial charge in [0.15, 0.2) is 0 Å². The Morgan fingerprint density at radius 3 is 2.43 bits per heavy atom. The summed E-state index contributed by atoms with van der Waals surface area (Å²) in [6, 6.07) is 3.69. The molecule has 9 nitrogen and oxygen atoms in total. The second-order valence-corrected chi connectivity index (χ2v) is 16.2. The van der Waals surface area contributed by atoms with E-state index in [1.54, 1.807) is 16.5 Å². The van der Waals surface area contributed by atoms with Crippen LogP contribution in [0.15, 0.2) is 23.1 Å². The van der Waals surface area contributed by atoms with Crippen LogP contribution in [0.4, 0.5) is 22.0 Å². The van der Waals surface area contributed by atoms with Gasteiger partial charge in [0.05, 0.1) is 42.3 Å². The van der Waals surface area contributed by atoms with Crippen molar-refractivity contribution in [2.24, 2.45) is 0 Å². The first-order chi connectivity index (χ1) is 21.4. The number of aliphatic hydroxyl groups excluding tert-OH is 1. The predicted molar refractivity (Wildman–Crippen MR) is 165 cm³/mol. The Hall–Kier alpha value is -1.82. The highest BCUT2D eigenvalue weighted by Gasteiger charge is 2.37. The molecule has 0 amide bonds. The summed E-state index contributed by atoms with van der Waals surface area (Å²) in [5.74, 6) is -2.63. The maximum absolute atomic E-state index is 14.0. The van der Waals surface area contributed by atoms with Crippen LogP contribution in [0.1, 0.15) is 49.4 Å². The molecule has 2 fully saturated rings. The van der Waals surface area contributed by atoms with Crippen molar-refractivity contribution in [3.8, 4) is 11.3 Å². The van der Waals surface area contributed by atoms with E-state index in [2.05, 4.69) is 4.90 Å². The number of piperidine rings is 2. The third kappa shape index (κ3) is 8.80. The highest BCUT2D eigenvalue weighted by Crippen LogP contribution is 2.40. The van der Waals surface area contributed by atoms with Crippen molar-refractivity contribution in [3.63, 3.8) is 0 Å². The fourth-order valence-electron chi connectivity index (χ4n) is 6.45. The van der Waals surface area contributed by atoms with E-state index in [0.29, 0.717) is 68.7 Å². The number of alkyl halides is 5. The first kappa shape index (κ1) is 35.5. The molecule has 0 radical (unpaired) electrons. The number of benzene rings is 1. The molecule has 4 heterocycles. The second-order valence-electron chi connectivity index (χ2n) is 13.0. The molecular weight excluding hydrogens is 653 g/mol. The van der Waals surface area contributed by atoms with Crippen molar-refractivity contribution in [1.29, 1.82) is 0 Å². The zero-order valence-corrected chi connectivity index (χ0v) is 27.7. The topological polar surface area (TPSA) is 102 Å². The number of β-amino-alcohol motifs (C(OH)–C–C–N with tert-alkyl or cyclic N) is 1. The van der Waals surface area contributed by atoms with Crippen LogP contribution in [-0.4, -0.2) is 118 Å². The average Bonchev–Trinajstić information content (AvgIpc) is 3.30. The van der Waals surface area contributed by atoms with Gasteiger partial charge in [-0.05, 0) is 44.9 Å². The van der Waals surface area contributed by atoms with Gasteiger partial charge in [0, 0.05) is 79.6 Å². The van der Waals surface area contributed by atoms with Gasteiger partial charge in [-0.25, -0.2) is 17.2 Å². The van der Waals surface area contributed by atoms with Gasteiger partial charge in [-0.2, -0.15) is 22.6 Å². The molecule has 46 heavy (non-hydrogen) atoms. The standard InChI is InChI=1S/C30H42F5N5O4S2/c1-28(42)8-12-37(13-9-28)17-22(41)18-40-25-6-11-39(46(2,43)44)19-23(25)27(36-40)21-4-5-24(30(33,34)35)26(16-21)45-15-14-38-10-3-7-29(31,32)20-38/h4-5,16,22,41-42H,3,6-15,17-20H2,1-2H3. The maximum Gasteiger partial charge on any atom is 0.417 e. The molecule has 3 aliphatic heterocycles. The molecule has 1 atom stereocenters. The van der Waals surface area contributed by atoms with Crippen molar-refractivity contribution >= 4 is 21.8 Å². The van der Waals surface area contributed by atoms with Crippen molar-refractivity contribution in [2.75, 3.05) is 57.8 Å². The van der Waals surface area contributed by atoms with Gasteiger partial charge in [0.25, 0.3) is 5.92 Å². The summed E-state index contributed by atoms with van der Waals surface area (Å²) < 4.78 is 97.7. The number of likely N-dealkylation sites (tertiary alicyclic amines) is 2. The van der Waals surface area contributed by atoms with Crippen LogP contribution in [0, 0.1) is 0 Å². The molecule has 0 bridgehead atoms. The number of aliphatic hydroxyl groups is 2. The zero-order chi connectivity index (χ0) is 33.5. The van der Waals surface area contributed by atoms with Gasteiger partial charge in [-0.15, -0.1) is 11.8 Å². The molecule has 5 rings (SSSR count). The highest BCUT2D eigenvalue weighted by atomic mass is 32.2. The van der Waals surface area contributed by atoms with Crippen LogP contribution in [-0.2, 0) is 35.7 Å². The first-order valence-electron chi connectivity index (χ1n) is 15.5. The molecule has 1 unspecified atom stereocenters. The quantitative estimate of drug-likeness (QED) is 0.285. The second kappa shape index (κ2) is 13.6. The molecular formula is C30H42F5N5O4S2. The molecule has 16 heteroatoms. The minimum Gasteiger partial charge on any atom is -0.390 e. The van der Waals surface area contributed by atoms with Crippen molar-refractivity contribution < 1.29 is 40.6 Å². The average molecular weight is 696 g/mol. The lowest BCUT2D eigenvalue weighted by Gasteiger charge is -2.36. The Kier molecular flexibility index (Phi) is 10.5. The van der Waals surface area contributed by atoms with Gasteiger partial charge in [0.1, 0.15) is 0 Å². The van der Waals surface area contributed by atoms with E-state index in [1.807, 2.05) is 0 Å². The summed E-state index contributed by atoms with van der Waals surface area (Å²) >= 11 is 0.945. The number of aromatic nitrogens is 2. The van der Waals surface area contributed by atoms with Gasteiger partial charge >= 0.3 is 6.18 Å². The Bertz CT molecular complexity index is 1490. The van der Waals surface area contributed by atoms with E-state index < -0.39 is 45.9 Å². The monoisotopic (exact) mass is 695 g/mol. The number of fused-ring (bicyclic) bond motifs is 1. The number of hydrogen-bond acceptors (Lipinski definition) is 8. The minimum absolute atomic E-state index is 0.00648. The van der Waals surface area contributed by atoms with Crippen LogP contribution in [0.3, 0.4) is 0 Å².